The predicted octanol–water partition coefficient (Wildman–Crippen LogP) is 0.523. The van der Waals surface area contributed by atoms with Crippen LogP contribution in [0, 0.1) is 0 Å². The van der Waals surface area contributed by atoms with E-state index in [9.17, 15) is 31.2 Å². The van der Waals surface area contributed by atoms with E-state index in [4.69, 9.17) is 4.84 Å². The fourth-order valence-corrected chi connectivity index (χ4v) is 4.72. The van der Waals surface area contributed by atoms with Crippen LogP contribution in [0.3, 0.4) is 0 Å². The smallest absolute Gasteiger partial charge is 0.328 e. The summed E-state index contributed by atoms with van der Waals surface area (Å²) in [5.74, 6) is -3.60. The number of benzene rings is 2. The van der Waals surface area contributed by atoms with Gasteiger partial charge in [0.25, 0.3) is 11.8 Å². The number of carbonyl (C=O) groups is 3. The minimum absolute atomic E-state index is 0.0258. The second-order valence-electron chi connectivity index (χ2n) is 6.77. The van der Waals surface area contributed by atoms with Gasteiger partial charge in [-0.05, 0) is 30.7 Å². The lowest BCUT2D eigenvalue weighted by atomic mass is 10.1. The second-order valence-corrected chi connectivity index (χ2v) is 10.7. The number of nitrogens with one attached hydrogen (secondary N) is 1. The number of fused-ring (bicyclic) bond motifs is 1. The highest BCUT2D eigenvalue weighted by Crippen LogP contribution is 2.23. The van der Waals surface area contributed by atoms with E-state index in [2.05, 4.69) is 4.72 Å². The zero-order chi connectivity index (χ0) is 22.8. The molecular weight excluding hydrogens is 448 g/mol. The first-order valence-electron chi connectivity index (χ1n) is 8.94. The Kier molecular flexibility index (Phi) is 6.25. The number of carbonyl (C=O) groups excluding carboxylic acids is 3. The third-order valence-corrected chi connectivity index (χ3v) is 6.82. The zero-order valence-electron chi connectivity index (χ0n) is 16.2. The molecule has 3 rings (SSSR count). The number of hydroxylamine groups is 2. The van der Waals surface area contributed by atoms with Gasteiger partial charge in [-0.15, -0.1) is 0 Å². The molecule has 0 saturated carbocycles. The van der Waals surface area contributed by atoms with Gasteiger partial charge in [0.05, 0.1) is 21.8 Å². The standard InChI is InChI=1S/C19H18N2O8S2/c1-30(25,26)12-11-16(20-31(27,28)13-7-3-2-4-8-13)19(24)29-21-17(22)14-9-5-6-10-15(14)18(21)23/h2-10,16,20H,11-12H2,1H3. The molecular formula is C19H18N2O8S2. The molecule has 10 nitrogen and oxygen atoms in total. The van der Waals surface area contributed by atoms with Gasteiger partial charge < -0.3 is 4.84 Å². The molecule has 1 heterocycles. The molecule has 1 atom stereocenters. The van der Waals surface area contributed by atoms with Crippen molar-refractivity contribution >= 4 is 37.6 Å². The van der Waals surface area contributed by atoms with Crippen LogP contribution in [0.15, 0.2) is 59.5 Å². The van der Waals surface area contributed by atoms with Crippen molar-refractivity contribution in [3.05, 3.63) is 65.7 Å². The average Bonchev–Trinajstić information content (AvgIpc) is 2.96. The average molecular weight is 466 g/mol. The molecule has 1 aliphatic rings. The summed E-state index contributed by atoms with van der Waals surface area (Å²) in [6.45, 7) is 0. The topological polar surface area (TPSA) is 144 Å². The Bertz CT molecular complexity index is 1210. The number of rotatable bonds is 8. The fraction of sp³-hybridized carbons (Fsp3) is 0.211. The van der Waals surface area contributed by atoms with Gasteiger partial charge in [0.15, 0.2) is 0 Å². The number of nitrogens with zero attached hydrogens (tertiary/aromatic N) is 1. The fourth-order valence-electron chi connectivity index (χ4n) is 2.82. The number of imide groups is 1. The summed E-state index contributed by atoms with van der Waals surface area (Å²) >= 11 is 0. The van der Waals surface area contributed by atoms with Gasteiger partial charge in [-0.3, -0.25) is 9.59 Å². The van der Waals surface area contributed by atoms with Crippen LogP contribution in [-0.4, -0.2) is 57.7 Å². The van der Waals surface area contributed by atoms with Gasteiger partial charge >= 0.3 is 5.97 Å². The van der Waals surface area contributed by atoms with Gasteiger partial charge in [-0.2, -0.15) is 4.72 Å². The number of hydrogen-bond acceptors (Lipinski definition) is 8. The molecule has 0 spiro atoms. The Hall–Kier alpha value is -3.09. The highest BCUT2D eigenvalue weighted by atomic mass is 32.2. The van der Waals surface area contributed by atoms with E-state index in [1.807, 2.05) is 0 Å². The predicted molar refractivity (Wildman–Crippen MR) is 108 cm³/mol. The van der Waals surface area contributed by atoms with Crippen LogP contribution in [0.1, 0.15) is 27.1 Å². The van der Waals surface area contributed by atoms with E-state index in [0.717, 1.165) is 6.26 Å². The van der Waals surface area contributed by atoms with E-state index >= 15 is 0 Å². The number of sulfonamides is 1. The highest BCUT2D eigenvalue weighted by molar-refractivity contribution is 7.90. The molecule has 12 heteroatoms. The zero-order valence-corrected chi connectivity index (χ0v) is 17.9. The lowest BCUT2D eigenvalue weighted by molar-refractivity contribution is -0.170. The van der Waals surface area contributed by atoms with Crippen molar-refractivity contribution < 1.29 is 36.1 Å². The molecule has 0 aliphatic carbocycles. The molecule has 0 radical (unpaired) electrons. The normalized spacial score (nSPS) is 14.9. The number of amides is 2. The van der Waals surface area contributed by atoms with E-state index in [0.29, 0.717) is 0 Å². The highest BCUT2D eigenvalue weighted by Gasteiger charge is 2.40. The van der Waals surface area contributed by atoms with Crippen molar-refractivity contribution in [2.75, 3.05) is 12.0 Å². The first-order valence-corrected chi connectivity index (χ1v) is 12.5. The third kappa shape index (κ3) is 5.16. The van der Waals surface area contributed by atoms with Crippen LogP contribution in [0.5, 0.6) is 0 Å². The Balaban J connectivity index is 1.83. The van der Waals surface area contributed by atoms with E-state index in [1.54, 1.807) is 6.07 Å². The first kappa shape index (κ1) is 22.6. The maximum atomic E-state index is 12.7. The summed E-state index contributed by atoms with van der Waals surface area (Å²) < 4.78 is 50.4. The van der Waals surface area contributed by atoms with Crippen LogP contribution in [0.2, 0.25) is 0 Å². The molecule has 2 amide bonds. The van der Waals surface area contributed by atoms with Gasteiger partial charge in [0.2, 0.25) is 10.0 Å². The molecule has 1 aliphatic heterocycles. The van der Waals surface area contributed by atoms with Gasteiger partial charge in [0, 0.05) is 6.26 Å². The molecule has 2 aromatic carbocycles. The molecule has 31 heavy (non-hydrogen) atoms. The molecule has 0 aromatic heterocycles. The van der Waals surface area contributed by atoms with Crippen molar-refractivity contribution in [2.24, 2.45) is 0 Å². The largest absolute Gasteiger partial charge is 0.351 e. The summed E-state index contributed by atoms with van der Waals surface area (Å²) in [4.78, 5) is 42.2. The minimum Gasteiger partial charge on any atom is -0.328 e. The van der Waals surface area contributed by atoms with Crippen molar-refractivity contribution in [3.8, 4) is 0 Å². The summed E-state index contributed by atoms with van der Waals surface area (Å²) in [5.41, 5.74) is 0.0516. The molecule has 2 aromatic rings. The molecule has 1 unspecified atom stereocenters. The molecule has 164 valence electrons. The SMILES string of the molecule is CS(=O)(=O)CCC(NS(=O)(=O)c1ccccc1)C(=O)ON1C(=O)c2ccccc2C1=O. The van der Waals surface area contributed by atoms with E-state index in [1.165, 1.54) is 48.5 Å². The van der Waals surface area contributed by atoms with Gasteiger partial charge in [-0.1, -0.05) is 35.4 Å². The van der Waals surface area contributed by atoms with Crippen LogP contribution in [-0.2, 0) is 29.5 Å². The lowest BCUT2D eigenvalue weighted by Crippen LogP contribution is -2.46. The molecule has 1 N–H and O–H groups in total. The first-order chi connectivity index (χ1) is 14.5. The quantitative estimate of drug-likeness (QED) is 0.555. The van der Waals surface area contributed by atoms with Crippen LogP contribution in [0.4, 0.5) is 0 Å². The number of hydrogen-bond donors (Lipinski definition) is 1. The van der Waals surface area contributed by atoms with Crippen molar-refractivity contribution in [2.45, 2.75) is 17.4 Å². The Morgan fingerprint density at radius 1 is 0.935 bits per heavy atom. The number of sulfone groups is 1. The molecule has 0 fully saturated rings. The van der Waals surface area contributed by atoms with Crippen LogP contribution >= 0.6 is 0 Å². The summed E-state index contributed by atoms with van der Waals surface area (Å²) in [7, 11) is -7.78. The maximum Gasteiger partial charge on any atom is 0.351 e. The van der Waals surface area contributed by atoms with Crippen LogP contribution in [0.25, 0.3) is 0 Å². The van der Waals surface area contributed by atoms with Crippen LogP contribution < -0.4 is 4.72 Å². The van der Waals surface area contributed by atoms with Crippen molar-refractivity contribution in [3.63, 3.8) is 0 Å². The monoisotopic (exact) mass is 466 g/mol. The molecule has 0 bridgehead atoms. The van der Waals surface area contributed by atoms with Gasteiger partial charge in [-0.25, -0.2) is 21.6 Å². The Morgan fingerprint density at radius 3 is 1.97 bits per heavy atom. The minimum atomic E-state index is -4.22. The third-order valence-electron chi connectivity index (χ3n) is 4.35. The Morgan fingerprint density at radius 2 is 1.45 bits per heavy atom. The lowest BCUT2D eigenvalue weighted by Gasteiger charge is -2.20. The maximum absolute atomic E-state index is 12.7. The summed E-state index contributed by atoms with van der Waals surface area (Å²) in [5, 5.41) is 0.233. The van der Waals surface area contributed by atoms with Gasteiger partial charge in [0.1, 0.15) is 15.9 Å². The van der Waals surface area contributed by atoms with Crippen molar-refractivity contribution in [1.29, 1.82) is 0 Å². The van der Waals surface area contributed by atoms with E-state index in [-0.39, 0.29) is 21.1 Å². The van der Waals surface area contributed by atoms with E-state index < -0.39 is 55.9 Å². The Labute approximate surface area is 178 Å². The van der Waals surface area contributed by atoms with Crippen molar-refractivity contribution in [1.82, 2.24) is 9.79 Å². The summed E-state index contributed by atoms with van der Waals surface area (Å²) in [6, 6.07) is 11.2. The summed E-state index contributed by atoms with van der Waals surface area (Å²) in [6.07, 6.45) is 0.456. The molecule has 0 saturated heterocycles. The second kappa shape index (κ2) is 8.57.